The lowest BCUT2D eigenvalue weighted by molar-refractivity contribution is -0.132. The zero-order valence-electron chi connectivity index (χ0n) is 13.4. The summed E-state index contributed by atoms with van der Waals surface area (Å²) in [5, 5.41) is 2.55. The predicted octanol–water partition coefficient (Wildman–Crippen LogP) is 2.73. The minimum absolute atomic E-state index is 0.0478. The van der Waals surface area contributed by atoms with Gasteiger partial charge in [0, 0.05) is 32.1 Å². The summed E-state index contributed by atoms with van der Waals surface area (Å²) in [5.74, 6) is -1.56. The molecule has 2 amide bonds. The fraction of sp³-hybridized carbons (Fsp3) is 0.529. The molecule has 0 saturated heterocycles. The molecule has 126 valence electrons. The van der Waals surface area contributed by atoms with Crippen LogP contribution in [0, 0.1) is 17.6 Å². The molecule has 1 N–H and O–H groups in total. The molecule has 1 aliphatic rings. The maximum atomic E-state index is 13.5. The number of hydrogen-bond donors (Lipinski definition) is 1. The fourth-order valence-electron chi connectivity index (χ4n) is 2.51. The Morgan fingerprint density at radius 3 is 2.65 bits per heavy atom. The van der Waals surface area contributed by atoms with Crippen LogP contribution in [0.2, 0.25) is 0 Å². The van der Waals surface area contributed by atoms with E-state index in [0.717, 1.165) is 12.1 Å². The van der Waals surface area contributed by atoms with E-state index in [-0.39, 0.29) is 24.1 Å². The zero-order valence-corrected chi connectivity index (χ0v) is 13.4. The van der Waals surface area contributed by atoms with Crippen LogP contribution in [0.25, 0.3) is 0 Å². The second kappa shape index (κ2) is 7.53. The Kier molecular flexibility index (Phi) is 5.69. The number of hydrogen-bond acceptors (Lipinski definition) is 2. The van der Waals surface area contributed by atoms with Gasteiger partial charge in [0.15, 0.2) is 0 Å². The van der Waals surface area contributed by atoms with E-state index >= 15 is 0 Å². The smallest absolute Gasteiger partial charge is 0.254 e. The van der Waals surface area contributed by atoms with Crippen molar-refractivity contribution in [3.8, 4) is 0 Å². The van der Waals surface area contributed by atoms with Crippen LogP contribution in [0.1, 0.15) is 43.0 Å². The summed E-state index contributed by atoms with van der Waals surface area (Å²) in [5.41, 5.74) is -0.197. The molecule has 1 fully saturated rings. The second-order valence-corrected chi connectivity index (χ2v) is 6.07. The van der Waals surface area contributed by atoms with Gasteiger partial charge >= 0.3 is 0 Å². The van der Waals surface area contributed by atoms with Crippen LogP contribution >= 0.6 is 0 Å². The van der Waals surface area contributed by atoms with Crippen molar-refractivity contribution in [2.75, 3.05) is 13.6 Å². The number of carbonyl (C=O) groups is 2. The van der Waals surface area contributed by atoms with Crippen molar-refractivity contribution in [1.29, 1.82) is 0 Å². The minimum Gasteiger partial charge on any atom is -0.352 e. The van der Waals surface area contributed by atoms with E-state index in [1.165, 1.54) is 12.8 Å². The van der Waals surface area contributed by atoms with E-state index in [0.29, 0.717) is 24.8 Å². The van der Waals surface area contributed by atoms with Crippen LogP contribution in [-0.2, 0) is 4.79 Å². The number of amides is 2. The molecule has 1 atom stereocenters. The zero-order chi connectivity index (χ0) is 17.0. The molecule has 0 aromatic heterocycles. The van der Waals surface area contributed by atoms with E-state index in [1.807, 2.05) is 0 Å². The maximum Gasteiger partial charge on any atom is 0.254 e. The number of halogens is 2. The van der Waals surface area contributed by atoms with Gasteiger partial charge in [0.25, 0.3) is 5.91 Å². The van der Waals surface area contributed by atoms with E-state index in [2.05, 4.69) is 12.2 Å². The Hall–Kier alpha value is -1.98. The molecule has 6 heteroatoms. The lowest BCUT2D eigenvalue weighted by atomic mass is 10.1. The molecule has 4 nitrogen and oxygen atoms in total. The summed E-state index contributed by atoms with van der Waals surface area (Å²) in [6, 6.07) is 3.07. The van der Waals surface area contributed by atoms with E-state index in [1.54, 1.807) is 11.9 Å². The third-order valence-corrected chi connectivity index (χ3v) is 4.34. The molecular formula is C17H22F2N2O2. The fourth-order valence-corrected chi connectivity index (χ4v) is 2.51. The predicted molar refractivity (Wildman–Crippen MR) is 82.9 cm³/mol. The second-order valence-electron chi connectivity index (χ2n) is 6.07. The number of nitrogens with one attached hydrogen (secondary N) is 1. The molecule has 1 aromatic carbocycles. The standard InChI is InChI=1S/C17H22F2N2O2/c1-11(12-5-6-12)21(2)16(22)4-3-9-20-17(23)14-8-7-13(18)10-15(14)19/h7-8,10-12H,3-6,9H2,1-2H3,(H,20,23). The summed E-state index contributed by atoms with van der Waals surface area (Å²) in [4.78, 5) is 25.6. The number of rotatable bonds is 7. The molecule has 0 bridgehead atoms. The monoisotopic (exact) mass is 324 g/mol. The molecule has 0 heterocycles. The topological polar surface area (TPSA) is 49.4 Å². The SMILES string of the molecule is CC(C1CC1)N(C)C(=O)CCCNC(=O)c1ccc(F)cc1F. The Labute approximate surface area is 134 Å². The summed E-state index contributed by atoms with van der Waals surface area (Å²) in [6.45, 7) is 2.32. The van der Waals surface area contributed by atoms with Gasteiger partial charge in [-0.1, -0.05) is 0 Å². The third kappa shape index (κ3) is 4.74. The van der Waals surface area contributed by atoms with Crippen molar-refractivity contribution in [3.05, 3.63) is 35.4 Å². The summed E-state index contributed by atoms with van der Waals surface area (Å²) in [7, 11) is 1.80. The van der Waals surface area contributed by atoms with Gasteiger partial charge in [-0.15, -0.1) is 0 Å². The lowest BCUT2D eigenvalue weighted by Crippen LogP contribution is -2.36. The van der Waals surface area contributed by atoms with Crippen LogP contribution in [0.15, 0.2) is 18.2 Å². The highest BCUT2D eigenvalue weighted by Gasteiger charge is 2.32. The molecule has 0 radical (unpaired) electrons. The first kappa shape index (κ1) is 17.4. The van der Waals surface area contributed by atoms with Crippen molar-refractivity contribution < 1.29 is 18.4 Å². The van der Waals surface area contributed by atoms with Crippen molar-refractivity contribution in [1.82, 2.24) is 10.2 Å². The van der Waals surface area contributed by atoms with Gasteiger partial charge in [0.1, 0.15) is 11.6 Å². The Morgan fingerprint density at radius 1 is 1.35 bits per heavy atom. The van der Waals surface area contributed by atoms with Crippen molar-refractivity contribution in [3.63, 3.8) is 0 Å². The molecule has 1 saturated carbocycles. The van der Waals surface area contributed by atoms with Crippen molar-refractivity contribution >= 4 is 11.8 Å². The molecular weight excluding hydrogens is 302 g/mol. The van der Waals surface area contributed by atoms with Gasteiger partial charge in [-0.3, -0.25) is 9.59 Å². The van der Waals surface area contributed by atoms with Gasteiger partial charge < -0.3 is 10.2 Å². The van der Waals surface area contributed by atoms with E-state index in [4.69, 9.17) is 0 Å². The van der Waals surface area contributed by atoms with Crippen LogP contribution in [0.3, 0.4) is 0 Å². The first-order valence-electron chi connectivity index (χ1n) is 7.89. The van der Waals surface area contributed by atoms with Gasteiger partial charge in [-0.2, -0.15) is 0 Å². The molecule has 0 aliphatic heterocycles. The largest absolute Gasteiger partial charge is 0.352 e. The maximum absolute atomic E-state index is 13.5. The Morgan fingerprint density at radius 2 is 2.04 bits per heavy atom. The summed E-state index contributed by atoms with van der Waals surface area (Å²) >= 11 is 0. The van der Waals surface area contributed by atoms with Gasteiger partial charge in [0.2, 0.25) is 5.91 Å². The molecule has 0 spiro atoms. The minimum atomic E-state index is -0.892. The summed E-state index contributed by atoms with van der Waals surface area (Å²) < 4.78 is 26.2. The molecule has 1 aromatic rings. The Bertz CT molecular complexity index is 588. The third-order valence-electron chi connectivity index (χ3n) is 4.34. The molecule has 23 heavy (non-hydrogen) atoms. The molecule has 1 unspecified atom stereocenters. The Balaban J connectivity index is 1.72. The van der Waals surface area contributed by atoms with Gasteiger partial charge in [-0.05, 0) is 44.2 Å². The molecule has 1 aliphatic carbocycles. The van der Waals surface area contributed by atoms with Crippen LogP contribution in [0.5, 0.6) is 0 Å². The van der Waals surface area contributed by atoms with Crippen LogP contribution in [-0.4, -0.2) is 36.3 Å². The highest BCUT2D eigenvalue weighted by molar-refractivity contribution is 5.94. The van der Waals surface area contributed by atoms with Crippen LogP contribution in [0.4, 0.5) is 8.78 Å². The highest BCUT2D eigenvalue weighted by atomic mass is 19.1. The first-order chi connectivity index (χ1) is 10.9. The first-order valence-corrected chi connectivity index (χ1v) is 7.89. The normalized spacial score (nSPS) is 15.1. The van der Waals surface area contributed by atoms with Gasteiger partial charge in [-0.25, -0.2) is 8.78 Å². The van der Waals surface area contributed by atoms with Crippen molar-refractivity contribution in [2.45, 2.75) is 38.6 Å². The number of nitrogens with zero attached hydrogens (tertiary/aromatic N) is 1. The average Bonchev–Trinajstić information content (AvgIpc) is 3.34. The lowest BCUT2D eigenvalue weighted by Gasteiger charge is -2.24. The quantitative estimate of drug-likeness (QED) is 0.784. The number of carbonyl (C=O) groups excluding carboxylic acids is 2. The van der Waals surface area contributed by atoms with E-state index < -0.39 is 17.5 Å². The summed E-state index contributed by atoms with van der Waals surface area (Å²) in [6.07, 6.45) is 3.17. The van der Waals surface area contributed by atoms with E-state index in [9.17, 15) is 18.4 Å². The van der Waals surface area contributed by atoms with Crippen molar-refractivity contribution in [2.24, 2.45) is 5.92 Å². The average molecular weight is 324 g/mol. The van der Waals surface area contributed by atoms with Crippen LogP contribution < -0.4 is 5.32 Å². The highest BCUT2D eigenvalue weighted by Crippen LogP contribution is 2.34. The number of benzene rings is 1. The molecule has 2 rings (SSSR count). The van der Waals surface area contributed by atoms with Gasteiger partial charge in [0.05, 0.1) is 5.56 Å².